The predicted octanol–water partition coefficient (Wildman–Crippen LogP) is 2.52. The molecule has 3 heteroatoms. The Morgan fingerprint density at radius 1 is 1.21 bits per heavy atom. The third-order valence-electron chi connectivity index (χ3n) is 2.30. The van der Waals surface area contributed by atoms with Crippen LogP contribution in [0.5, 0.6) is 0 Å². The maximum Gasteiger partial charge on any atom is 0.175 e. The van der Waals surface area contributed by atoms with E-state index in [1.165, 1.54) is 6.26 Å². The van der Waals surface area contributed by atoms with Crippen LogP contribution in [0.4, 0.5) is 0 Å². The van der Waals surface area contributed by atoms with Gasteiger partial charge in [0.1, 0.15) is 0 Å². The molecule has 1 aromatic rings. The van der Waals surface area contributed by atoms with Gasteiger partial charge in [0.05, 0.1) is 4.90 Å². The number of benzene rings is 1. The van der Waals surface area contributed by atoms with Crippen LogP contribution in [0.3, 0.4) is 0 Å². The first-order valence-corrected chi connectivity index (χ1v) is 6.52. The lowest BCUT2D eigenvalue weighted by Crippen LogP contribution is -2.00. The van der Waals surface area contributed by atoms with Gasteiger partial charge in [-0.1, -0.05) is 19.9 Å². The lowest BCUT2D eigenvalue weighted by Gasteiger charge is -2.10. The van der Waals surface area contributed by atoms with Crippen LogP contribution < -0.4 is 0 Å². The van der Waals surface area contributed by atoms with Crippen molar-refractivity contribution in [3.8, 4) is 0 Å². The fraction of sp³-hybridized carbons (Fsp3) is 0.455. The Balaban J connectivity index is 3.34. The van der Waals surface area contributed by atoms with Crippen molar-refractivity contribution in [2.75, 3.05) is 6.26 Å². The van der Waals surface area contributed by atoms with Gasteiger partial charge in [0.25, 0.3) is 0 Å². The van der Waals surface area contributed by atoms with E-state index in [1.807, 2.05) is 13.0 Å². The number of aryl methyl sites for hydroxylation is 1. The van der Waals surface area contributed by atoms with E-state index in [1.54, 1.807) is 12.1 Å². The molecule has 2 nitrogen and oxygen atoms in total. The van der Waals surface area contributed by atoms with Crippen molar-refractivity contribution in [2.24, 2.45) is 0 Å². The summed E-state index contributed by atoms with van der Waals surface area (Å²) in [5, 5.41) is 0. The molecule has 78 valence electrons. The van der Waals surface area contributed by atoms with Gasteiger partial charge in [0.15, 0.2) is 9.84 Å². The molecule has 0 amide bonds. The van der Waals surface area contributed by atoms with Crippen LogP contribution >= 0.6 is 0 Å². The molecule has 0 fully saturated rings. The molecule has 0 spiro atoms. The van der Waals surface area contributed by atoms with Gasteiger partial charge in [-0.3, -0.25) is 0 Å². The summed E-state index contributed by atoms with van der Waals surface area (Å²) in [6.07, 6.45) is 1.24. The normalized spacial score (nSPS) is 12.1. The number of sulfone groups is 1. The van der Waals surface area contributed by atoms with Gasteiger partial charge in [-0.25, -0.2) is 8.42 Å². The summed E-state index contributed by atoms with van der Waals surface area (Å²) in [7, 11) is -3.08. The van der Waals surface area contributed by atoms with Crippen LogP contribution in [0, 0.1) is 6.92 Å². The summed E-state index contributed by atoms with van der Waals surface area (Å²) >= 11 is 0. The highest BCUT2D eigenvalue weighted by atomic mass is 32.2. The van der Waals surface area contributed by atoms with Crippen LogP contribution in [0.2, 0.25) is 0 Å². The van der Waals surface area contributed by atoms with E-state index in [0.29, 0.717) is 10.8 Å². The van der Waals surface area contributed by atoms with E-state index in [4.69, 9.17) is 0 Å². The fourth-order valence-corrected chi connectivity index (χ4v) is 2.13. The van der Waals surface area contributed by atoms with E-state index in [-0.39, 0.29) is 0 Å². The summed E-state index contributed by atoms with van der Waals surface area (Å²) < 4.78 is 22.6. The highest BCUT2D eigenvalue weighted by molar-refractivity contribution is 7.90. The van der Waals surface area contributed by atoms with E-state index in [2.05, 4.69) is 13.8 Å². The summed E-state index contributed by atoms with van der Waals surface area (Å²) in [6.45, 7) is 6.13. The zero-order valence-corrected chi connectivity index (χ0v) is 9.85. The summed E-state index contributed by atoms with van der Waals surface area (Å²) in [5.41, 5.74) is 2.25. The average molecular weight is 212 g/mol. The minimum atomic E-state index is -3.08. The number of hydrogen-bond acceptors (Lipinski definition) is 2. The van der Waals surface area contributed by atoms with Crippen molar-refractivity contribution in [1.82, 2.24) is 0 Å². The van der Waals surface area contributed by atoms with E-state index in [0.717, 1.165) is 11.1 Å². The van der Waals surface area contributed by atoms with Crippen molar-refractivity contribution >= 4 is 9.84 Å². The van der Waals surface area contributed by atoms with E-state index in [9.17, 15) is 8.42 Å². The maximum atomic E-state index is 11.3. The molecule has 0 saturated heterocycles. The van der Waals surface area contributed by atoms with Crippen LogP contribution in [0.25, 0.3) is 0 Å². The lowest BCUT2D eigenvalue weighted by molar-refractivity contribution is 0.601. The summed E-state index contributed by atoms with van der Waals surface area (Å²) in [6, 6.07) is 5.30. The largest absolute Gasteiger partial charge is 0.224 e. The minimum Gasteiger partial charge on any atom is -0.224 e. The predicted molar refractivity (Wildman–Crippen MR) is 58.4 cm³/mol. The molecule has 0 N–H and O–H groups in total. The van der Waals surface area contributed by atoms with Crippen molar-refractivity contribution in [3.05, 3.63) is 29.3 Å². The summed E-state index contributed by atoms with van der Waals surface area (Å²) in [5.74, 6) is 0.358. The molecule has 0 radical (unpaired) electrons. The van der Waals surface area contributed by atoms with Crippen LogP contribution in [-0.4, -0.2) is 14.7 Å². The topological polar surface area (TPSA) is 34.1 Å². The quantitative estimate of drug-likeness (QED) is 0.755. The Labute approximate surface area is 85.9 Å². The van der Waals surface area contributed by atoms with Gasteiger partial charge in [0.2, 0.25) is 0 Å². The summed E-state index contributed by atoms with van der Waals surface area (Å²) in [4.78, 5) is 0.409. The van der Waals surface area contributed by atoms with Crippen molar-refractivity contribution < 1.29 is 8.42 Å². The van der Waals surface area contributed by atoms with Gasteiger partial charge >= 0.3 is 0 Å². The van der Waals surface area contributed by atoms with E-state index < -0.39 is 9.84 Å². The van der Waals surface area contributed by atoms with Crippen LogP contribution in [-0.2, 0) is 9.84 Å². The van der Waals surface area contributed by atoms with Crippen molar-refractivity contribution in [3.63, 3.8) is 0 Å². The molecule has 0 aliphatic carbocycles. The van der Waals surface area contributed by atoms with Crippen molar-refractivity contribution in [1.29, 1.82) is 0 Å². The molecule has 1 rings (SSSR count). The molecule has 0 aliphatic heterocycles. The molecule has 0 bridgehead atoms. The van der Waals surface area contributed by atoms with Gasteiger partial charge in [-0.15, -0.1) is 0 Å². The standard InChI is InChI=1S/C11H16O2S/c1-8(2)11-7-10(14(4,12)13)6-5-9(11)3/h5-8H,1-4H3. The lowest BCUT2D eigenvalue weighted by atomic mass is 9.98. The molecule has 0 aromatic heterocycles. The molecule has 0 aliphatic rings. The van der Waals surface area contributed by atoms with E-state index >= 15 is 0 Å². The Bertz CT molecular complexity index is 431. The molecular weight excluding hydrogens is 196 g/mol. The minimum absolute atomic E-state index is 0.358. The second-order valence-electron chi connectivity index (χ2n) is 3.95. The molecule has 0 unspecified atom stereocenters. The van der Waals surface area contributed by atoms with Gasteiger partial charge in [0, 0.05) is 6.26 Å². The zero-order chi connectivity index (χ0) is 10.9. The molecule has 14 heavy (non-hydrogen) atoms. The van der Waals surface area contributed by atoms with Crippen LogP contribution in [0.15, 0.2) is 23.1 Å². The van der Waals surface area contributed by atoms with Gasteiger partial charge < -0.3 is 0 Å². The Hall–Kier alpha value is -0.830. The van der Waals surface area contributed by atoms with Crippen molar-refractivity contribution in [2.45, 2.75) is 31.6 Å². The Morgan fingerprint density at radius 2 is 1.79 bits per heavy atom. The molecule has 0 heterocycles. The van der Waals surface area contributed by atoms with Crippen LogP contribution in [0.1, 0.15) is 30.9 Å². The highest BCUT2D eigenvalue weighted by Gasteiger charge is 2.10. The first-order chi connectivity index (χ1) is 6.32. The first kappa shape index (κ1) is 11.2. The third-order valence-corrected chi connectivity index (χ3v) is 3.41. The molecule has 0 saturated carbocycles. The highest BCUT2D eigenvalue weighted by Crippen LogP contribution is 2.22. The van der Waals surface area contributed by atoms with Gasteiger partial charge in [-0.2, -0.15) is 0 Å². The Morgan fingerprint density at radius 3 is 2.21 bits per heavy atom. The second kappa shape index (κ2) is 3.73. The third kappa shape index (κ3) is 2.35. The smallest absolute Gasteiger partial charge is 0.175 e. The molecular formula is C11H16O2S. The zero-order valence-electron chi connectivity index (χ0n) is 9.03. The SMILES string of the molecule is Cc1ccc(S(C)(=O)=O)cc1C(C)C. The average Bonchev–Trinajstić information content (AvgIpc) is 2.02. The number of rotatable bonds is 2. The monoisotopic (exact) mass is 212 g/mol. The molecule has 0 atom stereocenters. The van der Waals surface area contributed by atoms with Gasteiger partial charge in [-0.05, 0) is 36.1 Å². The Kier molecular flexibility index (Phi) is 3.00. The number of hydrogen-bond donors (Lipinski definition) is 0. The fourth-order valence-electron chi connectivity index (χ4n) is 1.47. The second-order valence-corrected chi connectivity index (χ2v) is 5.96. The molecule has 1 aromatic carbocycles. The maximum absolute atomic E-state index is 11.3. The first-order valence-electron chi connectivity index (χ1n) is 4.63.